The summed E-state index contributed by atoms with van der Waals surface area (Å²) >= 11 is 2.08. The van der Waals surface area contributed by atoms with Gasteiger partial charge in [-0.2, -0.15) is 0 Å². The molecule has 0 aliphatic carbocycles. The zero-order valence-corrected chi connectivity index (χ0v) is 9.75. The average Bonchev–Trinajstić information content (AvgIpc) is 2.22. The van der Waals surface area contributed by atoms with Crippen molar-refractivity contribution in [1.29, 1.82) is 0 Å². The maximum absolute atomic E-state index is 9.25. The van der Waals surface area contributed by atoms with Crippen molar-refractivity contribution in [3.8, 4) is 17.4 Å². The number of rotatable bonds is 2. The molecular formula is C10H7IN2O2. The van der Waals surface area contributed by atoms with Crippen molar-refractivity contribution < 1.29 is 9.84 Å². The molecule has 76 valence electrons. The van der Waals surface area contributed by atoms with Crippen LogP contribution in [0.2, 0.25) is 0 Å². The second-order valence-electron chi connectivity index (χ2n) is 2.78. The van der Waals surface area contributed by atoms with Gasteiger partial charge in [0.15, 0.2) is 0 Å². The van der Waals surface area contributed by atoms with Crippen LogP contribution in [0.15, 0.2) is 36.8 Å². The number of hydrogen-bond donors (Lipinski definition) is 1. The topological polar surface area (TPSA) is 55.2 Å². The van der Waals surface area contributed by atoms with Crippen LogP contribution in [0, 0.1) is 3.57 Å². The molecule has 15 heavy (non-hydrogen) atoms. The van der Waals surface area contributed by atoms with E-state index < -0.39 is 0 Å². The van der Waals surface area contributed by atoms with E-state index in [0.29, 0.717) is 11.6 Å². The zero-order valence-electron chi connectivity index (χ0n) is 7.59. The highest BCUT2D eigenvalue weighted by Crippen LogP contribution is 2.25. The standard InChI is InChI=1S/C10H7IN2O2/c11-9-5-12-6-13-10(9)15-8-3-1-2-7(14)4-8/h1-6,14H. The Morgan fingerprint density at radius 3 is 2.93 bits per heavy atom. The lowest BCUT2D eigenvalue weighted by Crippen LogP contribution is -1.91. The second-order valence-corrected chi connectivity index (χ2v) is 3.94. The van der Waals surface area contributed by atoms with E-state index in [1.807, 2.05) is 0 Å². The van der Waals surface area contributed by atoms with Gasteiger partial charge in [-0.1, -0.05) is 6.07 Å². The van der Waals surface area contributed by atoms with Gasteiger partial charge in [-0.05, 0) is 34.7 Å². The van der Waals surface area contributed by atoms with Crippen molar-refractivity contribution in [2.45, 2.75) is 0 Å². The third-order valence-electron chi connectivity index (χ3n) is 1.67. The number of ether oxygens (including phenoxy) is 1. The molecule has 0 aliphatic rings. The first-order valence-corrected chi connectivity index (χ1v) is 5.26. The summed E-state index contributed by atoms with van der Waals surface area (Å²) in [7, 11) is 0. The number of hydrogen-bond acceptors (Lipinski definition) is 4. The molecule has 5 heteroatoms. The molecule has 0 saturated carbocycles. The third-order valence-corrected chi connectivity index (χ3v) is 2.41. The van der Waals surface area contributed by atoms with Crippen molar-refractivity contribution in [1.82, 2.24) is 9.97 Å². The van der Waals surface area contributed by atoms with Crippen LogP contribution < -0.4 is 4.74 Å². The Hall–Kier alpha value is -1.37. The van der Waals surface area contributed by atoms with E-state index in [9.17, 15) is 5.11 Å². The fourth-order valence-corrected chi connectivity index (χ4v) is 1.45. The lowest BCUT2D eigenvalue weighted by atomic mass is 10.3. The van der Waals surface area contributed by atoms with Gasteiger partial charge in [0.05, 0.1) is 3.57 Å². The van der Waals surface area contributed by atoms with Crippen molar-refractivity contribution in [2.75, 3.05) is 0 Å². The highest BCUT2D eigenvalue weighted by atomic mass is 127. The molecule has 0 fully saturated rings. The van der Waals surface area contributed by atoms with E-state index in [1.54, 1.807) is 24.4 Å². The van der Waals surface area contributed by atoms with Crippen LogP contribution in [0.3, 0.4) is 0 Å². The van der Waals surface area contributed by atoms with Gasteiger partial charge in [-0.25, -0.2) is 9.97 Å². The Labute approximate surface area is 100 Å². The minimum atomic E-state index is 0.163. The van der Waals surface area contributed by atoms with Crippen LogP contribution in [0.1, 0.15) is 0 Å². The van der Waals surface area contributed by atoms with Gasteiger partial charge in [-0.3, -0.25) is 0 Å². The summed E-state index contributed by atoms with van der Waals surface area (Å²) in [5.74, 6) is 1.19. The monoisotopic (exact) mass is 314 g/mol. The highest BCUT2D eigenvalue weighted by molar-refractivity contribution is 14.1. The quantitative estimate of drug-likeness (QED) is 0.866. The Bertz CT molecular complexity index is 476. The first kappa shape index (κ1) is 10.2. The van der Waals surface area contributed by atoms with Gasteiger partial charge >= 0.3 is 0 Å². The van der Waals surface area contributed by atoms with E-state index in [1.165, 1.54) is 12.4 Å². The van der Waals surface area contributed by atoms with Gasteiger partial charge < -0.3 is 9.84 Å². The number of nitrogens with zero attached hydrogens (tertiary/aromatic N) is 2. The lowest BCUT2D eigenvalue weighted by molar-refractivity contribution is 0.442. The molecule has 1 aromatic heterocycles. The third kappa shape index (κ3) is 2.56. The number of phenolic OH excluding ortho intramolecular Hbond substituents is 1. The van der Waals surface area contributed by atoms with E-state index in [2.05, 4.69) is 32.6 Å². The van der Waals surface area contributed by atoms with Crippen LogP contribution in [0.4, 0.5) is 0 Å². The highest BCUT2D eigenvalue weighted by Gasteiger charge is 2.03. The van der Waals surface area contributed by atoms with Gasteiger partial charge in [0.2, 0.25) is 5.88 Å². The number of benzene rings is 1. The molecule has 1 N–H and O–H groups in total. The second kappa shape index (κ2) is 4.43. The fourth-order valence-electron chi connectivity index (χ4n) is 1.04. The van der Waals surface area contributed by atoms with Crippen LogP contribution in [-0.2, 0) is 0 Å². The normalized spacial score (nSPS) is 9.93. The van der Waals surface area contributed by atoms with Crippen molar-refractivity contribution >= 4 is 22.6 Å². The van der Waals surface area contributed by atoms with Gasteiger partial charge in [0.1, 0.15) is 17.8 Å². The molecule has 0 aliphatic heterocycles. The van der Waals surface area contributed by atoms with E-state index in [-0.39, 0.29) is 5.75 Å². The molecule has 0 amide bonds. The summed E-state index contributed by atoms with van der Waals surface area (Å²) in [4.78, 5) is 7.84. The molecule has 2 aromatic rings. The summed E-state index contributed by atoms with van der Waals surface area (Å²) in [5, 5.41) is 9.25. The average molecular weight is 314 g/mol. The Balaban J connectivity index is 2.26. The number of halogens is 1. The Morgan fingerprint density at radius 2 is 2.20 bits per heavy atom. The first-order valence-electron chi connectivity index (χ1n) is 4.18. The van der Waals surface area contributed by atoms with Crippen LogP contribution >= 0.6 is 22.6 Å². The Morgan fingerprint density at radius 1 is 1.33 bits per heavy atom. The van der Waals surface area contributed by atoms with Crippen LogP contribution in [0.5, 0.6) is 17.4 Å². The molecule has 2 rings (SSSR count). The maximum Gasteiger partial charge on any atom is 0.235 e. The van der Waals surface area contributed by atoms with Gasteiger partial charge in [0, 0.05) is 12.3 Å². The number of aromatic nitrogens is 2. The van der Waals surface area contributed by atoms with E-state index >= 15 is 0 Å². The zero-order chi connectivity index (χ0) is 10.7. The minimum Gasteiger partial charge on any atom is -0.508 e. The van der Waals surface area contributed by atoms with E-state index in [4.69, 9.17) is 4.74 Å². The molecule has 0 radical (unpaired) electrons. The summed E-state index contributed by atoms with van der Waals surface area (Å²) < 4.78 is 6.29. The summed E-state index contributed by atoms with van der Waals surface area (Å²) in [6.45, 7) is 0. The molecule has 0 bridgehead atoms. The molecule has 0 atom stereocenters. The predicted molar refractivity (Wildman–Crippen MR) is 62.9 cm³/mol. The summed E-state index contributed by atoms with van der Waals surface area (Å²) in [6.07, 6.45) is 3.08. The largest absolute Gasteiger partial charge is 0.508 e. The minimum absolute atomic E-state index is 0.163. The molecule has 0 spiro atoms. The van der Waals surface area contributed by atoms with Crippen molar-refractivity contribution in [3.05, 3.63) is 40.4 Å². The maximum atomic E-state index is 9.25. The molecular weight excluding hydrogens is 307 g/mol. The van der Waals surface area contributed by atoms with E-state index in [0.717, 1.165) is 3.57 Å². The van der Waals surface area contributed by atoms with Crippen LogP contribution in [0.25, 0.3) is 0 Å². The SMILES string of the molecule is Oc1cccc(Oc2ncncc2I)c1. The molecule has 4 nitrogen and oxygen atoms in total. The number of aromatic hydroxyl groups is 1. The fraction of sp³-hybridized carbons (Fsp3) is 0. The molecule has 1 heterocycles. The molecule has 1 aromatic carbocycles. The smallest absolute Gasteiger partial charge is 0.235 e. The lowest BCUT2D eigenvalue weighted by Gasteiger charge is -2.05. The first-order chi connectivity index (χ1) is 7.25. The van der Waals surface area contributed by atoms with Gasteiger partial charge in [0.25, 0.3) is 0 Å². The van der Waals surface area contributed by atoms with Crippen molar-refractivity contribution in [2.24, 2.45) is 0 Å². The van der Waals surface area contributed by atoms with Crippen molar-refractivity contribution in [3.63, 3.8) is 0 Å². The Kier molecular flexibility index (Phi) is 3.00. The number of phenols is 1. The molecule has 0 saturated heterocycles. The van der Waals surface area contributed by atoms with Crippen LogP contribution in [-0.4, -0.2) is 15.1 Å². The predicted octanol–water partition coefficient (Wildman–Crippen LogP) is 2.58. The summed E-state index contributed by atoms with van der Waals surface area (Å²) in [5.41, 5.74) is 0. The summed E-state index contributed by atoms with van der Waals surface area (Å²) in [6, 6.07) is 6.56. The van der Waals surface area contributed by atoms with Gasteiger partial charge in [-0.15, -0.1) is 0 Å². The molecule has 0 unspecified atom stereocenters.